The Hall–Kier alpha value is -1.82. The van der Waals surface area contributed by atoms with Gasteiger partial charge in [-0.25, -0.2) is 9.78 Å². The van der Waals surface area contributed by atoms with Crippen molar-refractivity contribution in [3.63, 3.8) is 0 Å². The Balaban J connectivity index is 0.00000676. The Morgan fingerprint density at radius 1 is 1.06 bits per heavy atom. The molecule has 0 saturated carbocycles. The van der Waals surface area contributed by atoms with E-state index in [-0.39, 0.29) is 105 Å². The van der Waals surface area contributed by atoms with Crippen molar-refractivity contribution in [2.24, 2.45) is 5.92 Å². The molecular weight excluding hydrogens is 743 g/mol. The number of amides is 5. The Kier molecular flexibility index (Phi) is 19.6. The van der Waals surface area contributed by atoms with Gasteiger partial charge in [0.05, 0.1) is 58.1 Å². The average Bonchev–Trinajstić information content (AvgIpc) is 3.86. The average molecular weight is 798 g/mol. The van der Waals surface area contributed by atoms with Crippen molar-refractivity contribution in [3.8, 4) is 0 Å². The van der Waals surface area contributed by atoms with Crippen LogP contribution in [0, 0.1) is 12.3 Å². The first kappa shape index (κ1) is 42.6. The number of fused-ring (bicyclic) bond motifs is 1. The number of aromatic nitrogens is 2. The summed E-state index contributed by atoms with van der Waals surface area (Å²) in [5.41, 5.74) is 0.282. The molecular formula is C33H54N7O8SY-. The Morgan fingerprint density at radius 2 is 1.74 bits per heavy atom. The van der Waals surface area contributed by atoms with E-state index < -0.39 is 0 Å². The number of hydrogen-bond acceptors (Lipinski definition) is 10. The van der Waals surface area contributed by atoms with E-state index in [1.54, 1.807) is 19.4 Å². The van der Waals surface area contributed by atoms with Crippen molar-refractivity contribution in [1.29, 1.82) is 0 Å². The number of carbonyl (C=O) groups is 4. The van der Waals surface area contributed by atoms with Crippen molar-refractivity contribution in [1.82, 2.24) is 36.1 Å². The monoisotopic (exact) mass is 797 g/mol. The number of urea groups is 1. The molecule has 1 radical (unpaired) electrons. The van der Waals surface area contributed by atoms with Crippen LogP contribution < -0.4 is 26.6 Å². The van der Waals surface area contributed by atoms with Gasteiger partial charge in [-0.05, 0) is 19.8 Å². The van der Waals surface area contributed by atoms with Crippen LogP contribution in [0.1, 0.15) is 76.0 Å². The number of ether oxygens (including phenoxy) is 4. The Labute approximate surface area is 324 Å². The largest absolute Gasteiger partial charge is 0.389 e. The topological polar surface area (TPSA) is 183 Å². The van der Waals surface area contributed by atoms with Crippen LogP contribution in [0.4, 0.5) is 4.79 Å². The van der Waals surface area contributed by atoms with Gasteiger partial charge in [0.1, 0.15) is 11.9 Å². The minimum absolute atomic E-state index is 0. The van der Waals surface area contributed by atoms with Gasteiger partial charge in [-0.2, -0.15) is 11.8 Å². The van der Waals surface area contributed by atoms with E-state index >= 15 is 0 Å². The van der Waals surface area contributed by atoms with Crippen molar-refractivity contribution in [2.75, 3.05) is 58.5 Å². The van der Waals surface area contributed by atoms with Gasteiger partial charge in [-0.1, -0.05) is 32.8 Å². The summed E-state index contributed by atoms with van der Waals surface area (Å²) in [6.45, 7) is 9.12. The minimum atomic E-state index is -0.368. The zero-order chi connectivity index (χ0) is 35.0. The quantitative estimate of drug-likeness (QED) is 0.0619. The Morgan fingerprint density at radius 3 is 2.42 bits per heavy atom. The summed E-state index contributed by atoms with van der Waals surface area (Å²) in [6.07, 6.45) is 9.68. The number of hydrogen-bond donors (Lipinski definition) is 5. The van der Waals surface area contributed by atoms with Crippen LogP contribution in [-0.2, 0) is 61.2 Å². The minimum Gasteiger partial charge on any atom is -0.389 e. The van der Waals surface area contributed by atoms with Crippen LogP contribution in [0.25, 0.3) is 0 Å². The zero-order valence-electron chi connectivity index (χ0n) is 29.5. The molecule has 1 aromatic rings. The molecule has 0 aromatic carbocycles. The summed E-state index contributed by atoms with van der Waals surface area (Å²) >= 11 is 1.89. The molecule has 3 aliphatic rings. The molecule has 0 spiro atoms. The molecule has 15 nitrogen and oxygen atoms in total. The van der Waals surface area contributed by atoms with Crippen molar-refractivity contribution >= 4 is 35.5 Å². The zero-order valence-corrected chi connectivity index (χ0v) is 33.2. The van der Waals surface area contributed by atoms with E-state index in [9.17, 15) is 19.2 Å². The molecule has 50 heavy (non-hydrogen) atoms. The Bertz CT molecular complexity index is 1210. The smallest absolute Gasteiger partial charge is 0.315 e. The summed E-state index contributed by atoms with van der Waals surface area (Å²) in [6, 6.07) is 0.00862. The fourth-order valence-electron chi connectivity index (χ4n) is 6.08. The van der Waals surface area contributed by atoms with Crippen LogP contribution in [0.3, 0.4) is 0 Å². The van der Waals surface area contributed by atoms with Gasteiger partial charge < -0.3 is 50.1 Å². The number of rotatable bonds is 23. The normalized spacial score (nSPS) is 24.5. The molecule has 3 fully saturated rings. The molecule has 0 aliphatic carbocycles. The summed E-state index contributed by atoms with van der Waals surface area (Å²) < 4.78 is 24.3. The standard InChI is InChI=1S/C33H54N7O8S.Y/c1-4-24-17-22(2)32(48-24)40-19-25(36-21-40)31(43)37-23(3)18-29(42)35-10-12-46-14-16-47-15-13-45-11-9-34-28(41)8-6-5-7-27-30-26(20-49-27)38-33(44)39-30;/h17,19,21-24,26-27,30,32H,4-16,18,20H2,1-3H3,(H,34,41)(H,35,42)(H,37,43)(H2,38,39,44);/q-1;/t22?,23-,24-,26?,27?,30?,32-;/m1./s1. The predicted molar refractivity (Wildman–Crippen MR) is 184 cm³/mol. The van der Waals surface area contributed by atoms with Gasteiger partial charge in [-0.3, -0.25) is 20.8 Å². The second-order valence-electron chi connectivity index (χ2n) is 12.7. The number of nitrogens with zero attached hydrogens (tertiary/aromatic N) is 2. The van der Waals surface area contributed by atoms with Crippen molar-refractivity contribution in [2.45, 2.75) is 95.0 Å². The van der Waals surface area contributed by atoms with Gasteiger partial charge in [-0.15, -0.1) is 5.92 Å². The van der Waals surface area contributed by atoms with Crippen LogP contribution >= 0.6 is 11.8 Å². The van der Waals surface area contributed by atoms with Gasteiger partial charge in [0, 0.05) is 81.9 Å². The molecule has 4 heterocycles. The van der Waals surface area contributed by atoms with Gasteiger partial charge in [0.15, 0.2) is 0 Å². The van der Waals surface area contributed by atoms with Gasteiger partial charge in [0.2, 0.25) is 11.8 Å². The summed E-state index contributed by atoms with van der Waals surface area (Å²) in [5.74, 6) is 0.668. The maximum absolute atomic E-state index is 12.6. The number of unbranched alkanes of at least 4 members (excludes halogenated alkanes) is 1. The SMILES string of the molecule is CC[C@@H]1[CH-]C(C)[C@H](n2cnc(C(=O)N[C@H](C)CC(=O)NCCOCCOCCOCCNC(=O)CCCCC3SCC4NC(=O)NC43)c2)O1.[Y]. The van der Waals surface area contributed by atoms with Crippen molar-refractivity contribution < 1.29 is 70.8 Å². The molecule has 7 atom stereocenters. The maximum atomic E-state index is 12.6. The van der Waals surface area contributed by atoms with E-state index in [0.717, 1.165) is 31.4 Å². The van der Waals surface area contributed by atoms with Crippen LogP contribution in [0.15, 0.2) is 12.5 Å². The molecule has 5 N–H and O–H groups in total. The van der Waals surface area contributed by atoms with Crippen LogP contribution in [0.2, 0.25) is 0 Å². The fourth-order valence-corrected chi connectivity index (χ4v) is 7.62. The molecule has 5 amide bonds. The third-order valence-electron chi connectivity index (χ3n) is 8.64. The first-order valence-electron chi connectivity index (χ1n) is 17.5. The number of thioether (sulfide) groups is 1. The maximum Gasteiger partial charge on any atom is 0.315 e. The molecule has 17 heteroatoms. The second kappa shape index (κ2) is 23.0. The van der Waals surface area contributed by atoms with E-state index in [0.29, 0.717) is 64.4 Å². The fraction of sp³-hybridized carbons (Fsp3) is 0.758. The molecule has 3 aliphatic heterocycles. The first-order chi connectivity index (χ1) is 23.7. The van der Waals surface area contributed by atoms with Gasteiger partial charge in [0.25, 0.3) is 5.91 Å². The predicted octanol–water partition coefficient (Wildman–Crippen LogP) is 1.54. The van der Waals surface area contributed by atoms with Crippen LogP contribution in [-0.4, -0.2) is 121 Å². The molecule has 4 rings (SSSR count). The third kappa shape index (κ3) is 14.3. The summed E-state index contributed by atoms with van der Waals surface area (Å²) in [7, 11) is 0. The molecule has 279 valence electrons. The second-order valence-corrected chi connectivity index (χ2v) is 14.0. The molecule has 4 unspecified atom stereocenters. The first-order valence-corrected chi connectivity index (χ1v) is 18.6. The van der Waals surface area contributed by atoms with E-state index in [2.05, 4.69) is 51.8 Å². The van der Waals surface area contributed by atoms with Crippen LogP contribution in [0.5, 0.6) is 0 Å². The van der Waals surface area contributed by atoms with E-state index in [4.69, 9.17) is 18.9 Å². The van der Waals surface area contributed by atoms with E-state index in [1.807, 2.05) is 16.3 Å². The molecule has 0 bridgehead atoms. The number of nitrogens with one attached hydrogen (secondary N) is 5. The number of imidazole rings is 1. The van der Waals surface area contributed by atoms with Crippen molar-refractivity contribution in [3.05, 3.63) is 24.6 Å². The molecule has 1 aromatic heterocycles. The summed E-state index contributed by atoms with van der Waals surface area (Å²) in [4.78, 5) is 52.7. The van der Waals surface area contributed by atoms with Gasteiger partial charge >= 0.3 is 6.03 Å². The molecule has 3 saturated heterocycles. The van der Waals surface area contributed by atoms with E-state index in [1.165, 1.54) is 0 Å². The number of carbonyl (C=O) groups excluding carboxylic acids is 4. The third-order valence-corrected chi connectivity index (χ3v) is 10.2. The summed E-state index contributed by atoms with van der Waals surface area (Å²) in [5, 5.41) is 14.9.